The number of rotatable bonds is 4. The molecule has 0 fully saturated rings. The Labute approximate surface area is 108 Å². The number of hydrogen-bond donors (Lipinski definition) is 0. The molecule has 1 rings (SSSR count). The van der Waals surface area contributed by atoms with E-state index in [1.807, 2.05) is 0 Å². The number of hydrogen-bond acceptors (Lipinski definition) is 5. The zero-order chi connectivity index (χ0) is 13.9. The van der Waals surface area contributed by atoms with Crippen molar-refractivity contribution < 1.29 is 23.2 Å². The quantitative estimate of drug-likeness (QED) is 0.367. The van der Waals surface area contributed by atoms with Crippen molar-refractivity contribution in [1.29, 1.82) is 0 Å². The van der Waals surface area contributed by atoms with E-state index in [1.165, 1.54) is 0 Å². The van der Waals surface area contributed by atoms with Gasteiger partial charge in [0.05, 0.1) is 24.7 Å². The van der Waals surface area contributed by atoms with Gasteiger partial charge >= 0.3 is 11.8 Å². The molecule has 0 unspecified atom stereocenters. The topological polar surface area (TPSA) is 82.3 Å². The van der Waals surface area contributed by atoms with E-state index in [0.717, 1.165) is 13.2 Å². The second-order valence-electron chi connectivity index (χ2n) is 3.16. The fourth-order valence-corrected chi connectivity index (χ4v) is 1.67. The lowest BCUT2D eigenvalue weighted by atomic mass is 10.1. The molecule has 1 aromatic rings. The molecular weight excluding hydrogens is 318 g/mol. The summed E-state index contributed by atoms with van der Waals surface area (Å²) in [4.78, 5) is 24.3. The van der Waals surface area contributed by atoms with Gasteiger partial charge in [0, 0.05) is 15.9 Å². The molecule has 0 amide bonds. The number of methoxy groups -OCH3 is 1. The minimum absolute atomic E-state index is 0.217. The van der Waals surface area contributed by atoms with Gasteiger partial charge in [-0.25, -0.2) is 8.78 Å². The van der Waals surface area contributed by atoms with E-state index in [4.69, 9.17) is 0 Å². The van der Waals surface area contributed by atoms with Gasteiger partial charge in [0.15, 0.2) is 0 Å². The number of nitrogens with zero attached hydrogens (tertiary/aromatic N) is 2. The van der Waals surface area contributed by atoms with Gasteiger partial charge in [-0.1, -0.05) is 0 Å². The summed E-state index contributed by atoms with van der Waals surface area (Å²) in [5.74, 6) is -1.43. The minimum atomic E-state index is -2.86. The van der Waals surface area contributed by atoms with Crippen molar-refractivity contribution in [2.75, 3.05) is 7.11 Å². The Kier molecular flexibility index (Phi) is 4.65. The SMILES string of the molecule is COC(=O)Cc1cc(C(F)F)c(Br)nc1[N+](=O)[O-]. The molecule has 0 spiro atoms. The monoisotopic (exact) mass is 324 g/mol. The molecule has 0 atom stereocenters. The number of halogens is 3. The zero-order valence-electron chi connectivity index (χ0n) is 9.02. The van der Waals surface area contributed by atoms with Crippen LogP contribution in [0.5, 0.6) is 0 Å². The summed E-state index contributed by atoms with van der Waals surface area (Å²) in [5, 5.41) is 10.7. The largest absolute Gasteiger partial charge is 0.469 e. The van der Waals surface area contributed by atoms with E-state index in [2.05, 4.69) is 25.7 Å². The van der Waals surface area contributed by atoms with Crippen molar-refractivity contribution in [2.45, 2.75) is 12.8 Å². The molecule has 0 aliphatic rings. The van der Waals surface area contributed by atoms with Gasteiger partial charge in [-0.05, 0) is 16.0 Å². The van der Waals surface area contributed by atoms with Gasteiger partial charge in [0.2, 0.25) is 4.60 Å². The summed E-state index contributed by atoms with van der Waals surface area (Å²) in [6, 6.07) is 0.872. The third kappa shape index (κ3) is 3.19. The average Bonchev–Trinajstić information content (AvgIpc) is 2.29. The maximum absolute atomic E-state index is 12.6. The number of aromatic nitrogens is 1. The number of carbonyl (C=O) groups excluding carboxylic acids is 1. The molecule has 0 aliphatic carbocycles. The molecule has 0 aliphatic heterocycles. The lowest BCUT2D eigenvalue weighted by molar-refractivity contribution is -0.390. The highest BCUT2D eigenvalue weighted by Gasteiger charge is 2.26. The standard InChI is InChI=1S/C9H7BrF2N2O4/c1-18-6(15)3-4-2-5(8(11)12)7(10)13-9(4)14(16)17/h2,8H,3H2,1H3. The highest BCUT2D eigenvalue weighted by atomic mass is 79.9. The van der Waals surface area contributed by atoms with Crippen molar-refractivity contribution >= 4 is 27.7 Å². The van der Waals surface area contributed by atoms with E-state index >= 15 is 0 Å². The third-order valence-electron chi connectivity index (χ3n) is 2.03. The van der Waals surface area contributed by atoms with E-state index in [9.17, 15) is 23.7 Å². The number of alkyl halides is 2. The Morgan fingerprint density at radius 1 is 1.67 bits per heavy atom. The highest BCUT2D eigenvalue weighted by molar-refractivity contribution is 9.10. The summed E-state index contributed by atoms with van der Waals surface area (Å²) in [5.41, 5.74) is -0.732. The number of nitro groups is 1. The molecule has 9 heteroatoms. The second kappa shape index (κ2) is 5.80. The molecule has 98 valence electrons. The molecule has 1 aromatic heterocycles. The molecular formula is C9H7BrF2N2O4. The Balaban J connectivity index is 3.30. The maximum Gasteiger partial charge on any atom is 0.368 e. The lowest BCUT2D eigenvalue weighted by Crippen LogP contribution is -2.09. The van der Waals surface area contributed by atoms with E-state index in [-0.39, 0.29) is 10.2 Å². The van der Waals surface area contributed by atoms with Crippen molar-refractivity contribution in [1.82, 2.24) is 4.98 Å². The molecule has 0 N–H and O–H groups in total. The summed E-state index contributed by atoms with van der Waals surface area (Å²) >= 11 is 2.72. The Morgan fingerprint density at radius 2 is 2.28 bits per heavy atom. The Hall–Kier alpha value is -1.64. The van der Waals surface area contributed by atoms with Gasteiger partial charge in [0.25, 0.3) is 6.43 Å². The van der Waals surface area contributed by atoms with Crippen LogP contribution in [0.2, 0.25) is 0 Å². The molecule has 0 saturated heterocycles. The van der Waals surface area contributed by atoms with Gasteiger partial charge < -0.3 is 14.9 Å². The number of carbonyl (C=O) groups is 1. The van der Waals surface area contributed by atoms with Gasteiger partial charge in [-0.15, -0.1) is 0 Å². The zero-order valence-corrected chi connectivity index (χ0v) is 10.6. The number of pyridine rings is 1. The fourth-order valence-electron chi connectivity index (χ4n) is 1.21. The van der Waals surface area contributed by atoms with Crippen LogP contribution in [0.1, 0.15) is 17.6 Å². The normalized spacial score (nSPS) is 10.5. The maximum atomic E-state index is 12.6. The first-order valence-electron chi connectivity index (χ1n) is 4.55. The molecule has 1 heterocycles. The molecule has 18 heavy (non-hydrogen) atoms. The van der Waals surface area contributed by atoms with Gasteiger partial charge in [-0.3, -0.25) is 4.79 Å². The summed E-state index contributed by atoms with van der Waals surface area (Å²) in [6.07, 6.45) is -3.35. The van der Waals surface area contributed by atoms with Crippen molar-refractivity contribution in [3.8, 4) is 0 Å². The van der Waals surface area contributed by atoms with Crippen LogP contribution in [-0.4, -0.2) is 23.0 Å². The van der Waals surface area contributed by atoms with Crippen molar-refractivity contribution in [2.24, 2.45) is 0 Å². The highest BCUT2D eigenvalue weighted by Crippen LogP contribution is 2.30. The fraction of sp³-hybridized carbons (Fsp3) is 0.333. The number of ether oxygens (including phenoxy) is 1. The van der Waals surface area contributed by atoms with Crippen molar-refractivity contribution in [3.05, 3.63) is 31.9 Å². The third-order valence-corrected chi connectivity index (χ3v) is 2.66. The summed E-state index contributed by atoms with van der Waals surface area (Å²) in [7, 11) is 1.09. The smallest absolute Gasteiger partial charge is 0.368 e. The van der Waals surface area contributed by atoms with Crippen molar-refractivity contribution in [3.63, 3.8) is 0 Å². The molecule has 6 nitrogen and oxygen atoms in total. The first kappa shape index (κ1) is 14.4. The van der Waals surface area contributed by atoms with E-state index in [1.54, 1.807) is 0 Å². The van der Waals surface area contributed by atoms with E-state index < -0.39 is 35.1 Å². The molecule has 0 bridgehead atoms. The number of esters is 1. The second-order valence-corrected chi connectivity index (χ2v) is 3.91. The minimum Gasteiger partial charge on any atom is -0.469 e. The Morgan fingerprint density at radius 3 is 2.72 bits per heavy atom. The molecule has 0 saturated carbocycles. The van der Waals surface area contributed by atoms with Crippen LogP contribution in [0.15, 0.2) is 10.7 Å². The summed E-state index contributed by atoms with van der Waals surface area (Å²) in [6.45, 7) is 0. The van der Waals surface area contributed by atoms with Crippen LogP contribution < -0.4 is 0 Å². The van der Waals surface area contributed by atoms with Crippen LogP contribution >= 0.6 is 15.9 Å². The average molecular weight is 325 g/mol. The first-order valence-corrected chi connectivity index (χ1v) is 5.34. The first-order chi connectivity index (χ1) is 8.36. The lowest BCUT2D eigenvalue weighted by Gasteiger charge is -2.05. The Bertz CT molecular complexity index is 496. The van der Waals surface area contributed by atoms with E-state index in [0.29, 0.717) is 0 Å². The van der Waals surface area contributed by atoms with Crippen LogP contribution in [-0.2, 0) is 16.0 Å². The summed E-state index contributed by atoms with van der Waals surface area (Å²) < 4.78 is 29.2. The van der Waals surface area contributed by atoms with Crippen LogP contribution in [0.4, 0.5) is 14.6 Å². The van der Waals surface area contributed by atoms with Crippen LogP contribution in [0, 0.1) is 10.1 Å². The predicted octanol–water partition coefficient (Wildman–Crippen LogP) is 2.41. The van der Waals surface area contributed by atoms with Gasteiger partial charge in [-0.2, -0.15) is 0 Å². The van der Waals surface area contributed by atoms with Crippen LogP contribution in [0.25, 0.3) is 0 Å². The predicted molar refractivity (Wildman–Crippen MR) is 59.3 cm³/mol. The van der Waals surface area contributed by atoms with Gasteiger partial charge in [0.1, 0.15) is 0 Å². The molecule has 0 aromatic carbocycles. The van der Waals surface area contributed by atoms with Crippen LogP contribution in [0.3, 0.4) is 0 Å². The molecule has 0 radical (unpaired) electrons.